The van der Waals surface area contributed by atoms with E-state index in [0.717, 1.165) is 34.7 Å². The Hall–Kier alpha value is -3.72. The van der Waals surface area contributed by atoms with Crippen molar-refractivity contribution in [1.29, 1.82) is 0 Å². The van der Waals surface area contributed by atoms with Gasteiger partial charge >= 0.3 is 12.4 Å². The molecule has 48 heavy (non-hydrogen) atoms. The molecule has 2 aliphatic rings. The Labute approximate surface area is 276 Å². The van der Waals surface area contributed by atoms with E-state index in [4.69, 9.17) is 4.74 Å². The number of nitrogens with zero attached hydrogens (tertiary/aromatic N) is 3. The smallest absolute Gasteiger partial charge is 0.425 e. The molecule has 1 aromatic carbocycles. The first-order valence-corrected chi connectivity index (χ1v) is 16.5. The van der Waals surface area contributed by atoms with Crippen molar-refractivity contribution in [2.24, 2.45) is 0 Å². The van der Waals surface area contributed by atoms with Gasteiger partial charge in [-0.1, -0.05) is 19.4 Å². The highest BCUT2D eigenvalue weighted by molar-refractivity contribution is 7.10. The van der Waals surface area contributed by atoms with Gasteiger partial charge in [-0.2, -0.15) is 26.3 Å². The summed E-state index contributed by atoms with van der Waals surface area (Å²) in [5.74, 6) is -2.48. The number of amides is 2. The van der Waals surface area contributed by atoms with Crippen LogP contribution in [-0.2, 0) is 23.6 Å². The van der Waals surface area contributed by atoms with Gasteiger partial charge < -0.3 is 19.6 Å². The van der Waals surface area contributed by atoms with Crippen LogP contribution >= 0.6 is 11.3 Å². The van der Waals surface area contributed by atoms with E-state index in [9.17, 15) is 40.6 Å². The first-order chi connectivity index (χ1) is 22.7. The highest BCUT2D eigenvalue weighted by atomic mass is 32.1. The molecule has 15 heteroatoms. The number of aliphatic hydroxyl groups excluding tert-OH is 1. The summed E-state index contributed by atoms with van der Waals surface area (Å²) >= 11 is 0.364. The van der Waals surface area contributed by atoms with Gasteiger partial charge in [0.05, 0.1) is 17.6 Å². The van der Waals surface area contributed by atoms with Crippen LogP contribution in [0, 0.1) is 5.82 Å². The molecule has 7 nitrogen and oxygen atoms in total. The number of piperidine rings is 1. The number of hydrogen-bond donors (Lipinski definition) is 1. The maximum Gasteiger partial charge on any atom is 0.425 e. The van der Waals surface area contributed by atoms with Gasteiger partial charge in [0.15, 0.2) is 0 Å². The lowest BCUT2D eigenvalue weighted by atomic mass is 9.78. The van der Waals surface area contributed by atoms with Crippen LogP contribution in [0.25, 0.3) is 0 Å². The van der Waals surface area contributed by atoms with E-state index in [1.165, 1.54) is 17.0 Å². The number of likely N-dealkylation sites (tertiary alicyclic amines) is 1. The predicted octanol–water partition coefficient (Wildman–Crippen LogP) is 7.44. The molecular weight excluding hydrogens is 667 g/mol. The summed E-state index contributed by atoms with van der Waals surface area (Å²) < 4.78 is 103. The van der Waals surface area contributed by atoms with E-state index in [0.29, 0.717) is 28.9 Å². The average Bonchev–Trinajstić information content (AvgIpc) is 3.52. The maximum atomic E-state index is 15.1. The van der Waals surface area contributed by atoms with Gasteiger partial charge in [-0.25, -0.2) is 4.39 Å². The number of hydrogen-bond acceptors (Lipinski definition) is 6. The van der Waals surface area contributed by atoms with E-state index in [1.54, 1.807) is 13.0 Å². The summed E-state index contributed by atoms with van der Waals surface area (Å²) in [6, 6.07) is 4.85. The van der Waals surface area contributed by atoms with Crippen LogP contribution < -0.4 is 4.74 Å². The van der Waals surface area contributed by atoms with Gasteiger partial charge in [-0.15, -0.1) is 11.3 Å². The molecule has 1 N–H and O–H groups in total. The molecule has 3 aromatic rings. The number of aliphatic hydroxyl groups is 1. The molecule has 5 rings (SSSR count). The number of pyridine rings is 1. The van der Waals surface area contributed by atoms with Crippen molar-refractivity contribution in [3.05, 3.63) is 81.1 Å². The molecule has 4 heterocycles. The Kier molecular flexibility index (Phi) is 10.4. The first-order valence-electron chi connectivity index (χ1n) is 15.6. The number of benzene rings is 1. The maximum absolute atomic E-state index is 15.1. The molecule has 0 bridgehead atoms. The molecule has 2 aliphatic heterocycles. The van der Waals surface area contributed by atoms with Crippen molar-refractivity contribution in [3.8, 4) is 5.75 Å². The topological polar surface area (TPSA) is 83.0 Å². The average molecular weight is 702 g/mol. The molecule has 2 amide bonds. The number of ether oxygens (including phenoxy) is 1. The summed E-state index contributed by atoms with van der Waals surface area (Å²) in [4.78, 5) is 34.5. The number of halogens is 7. The zero-order valence-corrected chi connectivity index (χ0v) is 26.7. The van der Waals surface area contributed by atoms with Crippen molar-refractivity contribution in [3.63, 3.8) is 0 Å². The van der Waals surface area contributed by atoms with Crippen LogP contribution in [0.3, 0.4) is 0 Å². The van der Waals surface area contributed by atoms with Gasteiger partial charge in [-0.05, 0) is 67.5 Å². The van der Waals surface area contributed by atoms with Crippen molar-refractivity contribution in [1.82, 2.24) is 14.8 Å². The Morgan fingerprint density at radius 2 is 1.83 bits per heavy atom. The van der Waals surface area contributed by atoms with Gasteiger partial charge in [0.25, 0.3) is 11.8 Å². The Morgan fingerprint density at radius 1 is 1.06 bits per heavy atom. The third-order valence-electron chi connectivity index (χ3n) is 8.88. The van der Waals surface area contributed by atoms with Crippen molar-refractivity contribution in [2.45, 2.75) is 81.9 Å². The number of carbonyl (C=O) groups is 2. The minimum absolute atomic E-state index is 0.0503. The van der Waals surface area contributed by atoms with Crippen molar-refractivity contribution < 1.29 is 50.2 Å². The quantitative estimate of drug-likeness (QED) is 0.235. The third kappa shape index (κ3) is 7.02. The summed E-state index contributed by atoms with van der Waals surface area (Å²) in [6.07, 6.45) is -7.35. The van der Waals surface area contributed by atoms with Gasteiger partial charge in [0.1, 0.15) is 22.1 Å². The fourth-order valence-corrected chi connectivity index (χ4v) is 7.52. The van der Waals surface area contributed by atoms with Gasteiger partial charge in [-0.3, -0.25) is 14.6 Å². The highest BCUT2D eigenvalue weighted by Gasteiger charge is 2.57. The molecule has 0 radical (unpaired) electrons. The lowest BCUT2D eigenvalue weighted by Crippen LogP contribution is -2.68. The largest absolute Gasteiger partial charge is 0.474 e. The molecule has 0 saturated carbocycles. The summed E-state index contributed by atoms with van der Waals surface area (Å²) in [6.45, 7) is 1.55. The first kappa shape index (κ1) is 35.6. The molecule has 0 aliphatic carbocycles. The second-order valence-electron chi connectivity index (χ2n) is 11.9. The monoisotopic (exact) mass is 701 g/mol. The van der Waals surface area contributed by atoms with Crippen LogP contribution in [0.2, 0.25) is 0 Å². The number of carbonyl (C=O) groups excluding carboxylic acids is 2. The SMILES string of the molecule is CCC[C@H]1N(C(=O)c2ncccc2C(F)(F)F)CCC[C@@]1(Oc1csc(C(F)(F)F)c1)C(=O)N1CCc2cc(F)ccc2C1CCCO. The Balaban J connectivity index is 1.64. The molecular formula is C33H34F7N3O4S. The predicted molar refractivity (Wildman–Crippen MR) is 162 cm³/mol. The fraction of sp³-hybridized carbons (Fsp3) is 0.485. The van der Waals surface area contributed by atoms with E-state index in [2.05, 4.69) is 4.98 Å². The van der Waals surface area contributed by atoms with E-state index < -0.39 is 63.8 Å². The lowest BCUT2D eigenvalue weighted by molar-refractivity contribution is -0.162. The standard InChI is InChI=1S/C33H34F7N3O4S/c1-2-6-26-31(47-22-18-27(48-19-22)33(38,39)40,12-5-14-43(26)29(45)28-24(32(35,36)37)7-3-13-41-28)30(46)42-15-11-20-17-21(34)9-10-23(20)25(42)8-4-16-44/h3,7,9-10,13,17-19,25-26,44H,2,4-6,8,11-12,14-16H2,1H3/t25?,26-,31+/m1/s1. The Bertz CT molecular complexity index is 1630. The lowest BCUT2D eigenvalue weighted by Gasteiger charge is -2.51. The minimum atomic E-state index is -4.91. The normalized spacial score (nSPS) is 21.6. The van der Waals surface area contributed by atoms with Gasteiger partial charge in [0.2, 0.25) is 5.60 Å². The summed E-state index contributed by atoms with van der Waals surface area (Å²) in [5.41, 5.74) is -2.83. The Morgan fingerprint density at radius 3 is 2.50 bits per heavy atom. The zero-order valence-electron chi connectivity index (χ0n) is 25.9. The second kappa shape index (κ2) is 14.0. The number of thiophene rings is 1. The van der Waals surface area contributed by atoms with Crippen LogP contribution in [0.4, 0.5) is 30.7 Å². The second-order valence-corrected chi connectivity index (χ2v) is 12.8. The number of fused-ring (bicyclic) bond motifs is 1. The number of aromatic nitrogens is 1. The van der Waals surface area contributed by atoms with E-state index in [-0.39, 0.29) is 64.0 Å². The van der Waals surface area contributed by atoms with Crippen molar-refractivity contribution >= 4 is 23.2 Å². The summed E-state index contributed by atoms with van der Waals surface area (Å²) in [7, 11) is 0. The van der Waals surface area contributed by atoms with Crippen molar-refractivity contribution in [2.75, 3.05) is 19.7 Å². The van der Waals surface area contributed by atoms with E-state index >= 15 is 4.79 Å². The molecule has 1 fully saturated rings. The molecule has 260 valence electrons. The number of rotatable bonds is 9. The van der Waals surface area contributed by atoms with Crippen LogP contribution in [0.15, 0.2) is 48.0 Å². The fourth-order valence-electron chi connectivity index (χ4n) is 6.84. The molecule has 1 unspecified atom stereocenters. The van der Waals surface area contributed by atoms with Crippen LogP contribution in [0.1, 0.15) is 83.5 Å². The molecule has 1 saturated heterocycles. The highest BCUT2D eigenvalue weighted by Crippen LogP contribution is 2.44. The third-order valence-corrected chi connectivity index (χ3v) is 9.83. The number of alkyl halides is 6. The van der Waals surface area contributed by atoms with E-state index in [1.807, 2.05) is 0 Å². The van der Waals surface area contributed by atoms with Crippen LogP contribution in [-0.4, -0.2) is 63.0 Å². The molecule has 2 aromatic heterocycles. The molecule has 0 spiro atoms. The zero-order chi connectivity index (χ0) is 34.9. The summed E-state index contributed by atoms with van der Waals surface area (Å²) in [5, 5.41) is 10.8. The van der Waals surface area contributed by atoms with Crippen LogP contribution in [0.5, 0.6) is 5.75 Å². The molecule has 3 atom stereocenters. The minimum Gasteiger partial charge on any atom is -0.474 e. The van der Waals surface area contributed by atoms with Gasteiger partial charge in [0, 0.05) is 43.8 Å².